The van der Waals surface area contributed by atoms with Crippen LogP contribution in [0.5, 0.6) is 11.6 Å². The lowest BCUT2D eigenvalue weighted by atomic mass is 10.0. The fraction of sp³-hybridized carbons (Fsp3) is 0.200. The number of ether oxygens (including phenoxy) is 1. The number of benzene rings is 1. The molecule has 0 aliphatic carbocycles. The van der Waals surface area contributed by atoms with Crippen molar-refractivity contribution in [1.82, 2.24) is 19.7 Å². The highest BCUT2D eigenvalue weighted by Gasteiger charge is 2.15. The molecule has 136 valence electrons. The van der Waals surface area contributed by atoms with Crippen LogP contribution in [-0.4, -0.2) is 19.7 Å². The van der Waals surface area contributed by atoms with Crippen LogP contribution in [-0.2, 0) is 7.05 Å². The second-order valence-corrected chi connectivity index (χ2v) is 6.43. The summed E-state index contributed by atoms with van der Waals surface area (Å²) in [5, 5.41) is 4.72. The van der Waals surface area contributed by atoms with Gasteiger partial charge in [0, 0.05) is 24.9 Å². The van der Waals surface area contributed by atoms with Crippen molar-refractivity contribution in [1.29, 1.82) is 0 Å². The van der Waals surface area contributed by atoms with E-state index in [2.05, 4.69) is 15.1 Å². The maximum Gasteiger partial charge on any atom is 0.269 e. The Morgan fingerprint density at radius 2 is 1.89 bits per heavy atom. The van der Waals surface area contributed by atoms with Gasteiger partial charge in [0.25, 0.3) is 5.56 Å². The largest absolute Gasteiger partial charge is 0.438 e. The van der Waals surface area contributed by atoms with Crippen LogP contribution in [0, 0.1) is 20.8 Å². The first-order valence-electron chi connectivity index (χ1n) is 8.48. The molecule has 0 bridgehead atoms. The van der Waals surface area contributed by atoms with Gasteiger partial charge in [0.1, 0.15) is 11.1 Å². The van der Waals surface area contributed by atoms with Crippen molar-refractivity contribution in [2.45, 2.75) is 20.8 Å². The molecule has 0 radical (unpaired) electrons. The summed E-state index contributed by atoms with van der Waals surface area (Å²) in [6, 6.07) is 7.44. The van der Waals surface area contributed by atoms with Gasteiger partial charge in [-0.25, -0.2) is 4.98 Å². The monoisotopic (exact) mass is 362 g/mol. The van der Waals surface area contributed by atoms with Gasteiger partial charge >= 0.3 is 0 Å². The van der Waals surface area contributed by atoms with E-state index < -0.39 is 0 Å². The first-order chi connectivity index (χ1) is 13.0. The molecule has 0 spiro atoms. The van der Waals surface area contributed by atoms with Crippen molar-refractivity contribution in [2.75, 3.05) is 0 Å². The Hall–Kier alpha value is -3.48. The second kappa shape index (κ2) is 6.35. The van der Waals surface area contributed by atoms with E-state index in [0.717, 1.165) is 33.6 Å². The number of hydrogen-bond donors (Lipinski definition) is 0. The molecule has 0 amide bonds. The molecule has 0 aliphatic rings. The van der Waals surface area contributed by atoms with Crippen LogP contribution in [0.2, 0.25) is 0 Å². The second-order valence-electron chi connectivity index (χ2n) is 6.43. The van der Waals surface area contributed by atoms with Crippen LogP contribution >= 0.6 is 0 Å². The number of aryl methyl sites for hydroxylation is 3. The van der Waals surface area contributed by atoms with E-state index in [9.17, 15) is 4.79 Å². The summed E-state index contributed by atoms with van der Waals surface area (Å²) >= 11 is 0. The van der Waals surface area contributed by atoms with E-state index in [1.54, 1.807) is 23.9 Å². The fourth-order valence-corrected chi connectivity index (χ4v) is 3.18. The lowest BCUT2D eigenvalue weighted by Crippen LogP contribution is -2.19. The summed E-state index contributed by atoms with van der Waals surface area (Å²) in [5.41, 5.74) is 4.69. The number of rotatable bonds is 3. The number of fused-ring (bicyclic) bond motifs is 1. The summed E-state index contributed by atoms with van der Waals surface area (Å²) in [7, 11) is 1.75. The minimum Gasteiger partial charge on any atom is -0.438 e. The first-order valence-corrected chi connectivity index (χ1v) is 8.48. The SMILES string of the molecule is Cc1cc(Oc2nccc3onc(C)c23)ccc1-c1c(C)ncc(=O)n1C. The van der Waals surface area contributed by atoms with Crippen LogP contribution in [0.3, 0.4) is 0 Å². The molecule has 0 fully saturated rings. The fourth-order valence-electron chi connectivity index (χ4n) is 3.18. The Bertz CT molecular complexity index is 1220. The smallest absolute Gasteiger partial charge is 0.269 e. The van der Waals surface area contributed by atoms with Crippen molar-refractivity contribution in [3.63, 3.8) is 0 Å². The quantitative estimate of drug-likeness (QED) is 0.553. The average Bonchev–Trinajstić information content (AvgIpc) is 3.02. The number of pyridine rings is 1. The Kier molecular flexibility index (Phi) is 3.99. The van der Waals surface area contributed by atoms with E-state index in [1.807, 2.05) is 39.0 Å². The van der Waals surface area contributed by atoms with Crippen LogP contribution < -0.4 is 10.3 Å². The topological polar surface area (TPSA) is 83.0 Å². The summed E-state index contributed by atoms with van der Waals surface area (Å²) in [6.45, 7) is 5.70. The molecule has 7 nitrogen and oxygen atoms in total. The van der Waals surface area contributed by atoms with Crippen LogP contribution in [0.1, 0.15) is 17.0 Å². The van der Waals surface area contributed by atoms with E-state index in [0.29, 0.717) is 17.2 Å². The molecule has 1 aromatic carbocycles. The third-order valence-corrected chi connectivity index (χ3v) is 4.57. The highest BCUT2D eigenvalue weighted by molar-refractivity contribution is 5.84. The lowest BCUT2D eigenvalue weighted by molar-refractivity contribution is 0.449. The molecule has 27 heavy (non-hydrogen) atoms. The highest BCUT2D eigenvalue weighted by Crippen LogP contribution is 2.33. The summed E-state index contributed by atoms with van der Waals surface area (Å²) in [4.78, 5) is 20.5. The van der Waals surface area contributed by atoms with E-state index >= 15 is 0 Å². The molecular formula is C20H18N4O3. The third kappa shape index (κ3) is 2.87. The van der Waals surface area contributed by atoms with Crippen molar-refractivity contribution < 1.29 is 9.26 Å². The minimum atomic E-state index is -0.144. The molecule has 3 aromatic heterocycles. The molecule has 3 heterocycles. The molecule has 0 unspecified atom stereocenters. The Balaban J connectivity index is 1.76. The molecule has 0 atom stereocenters. The predicted octanol–water partition coefficient (Wildman–Crippen LogP) is 3.70. The van der Waals surface area contributed by atoms with Gasteiger partial charge in [-0.05, 0) is 44.5 Å². The third-order valence-electron chi connectivity index (χ3n) is 4.57. The van der Waals surface area contributed by atoms with Gasteiger partial charge in [-0.15, -0.1) is 0 Å². The Morgan fingerprint density at radius 3 is 2.67 bits per heavy atom. The van der Waals surface area contributed by atoms with Gasteiger partial charge in [0.2, 0.25) is 5.88 Å². The van der Waals surface area contributed by atoms with E-state index in [4.69, 9.17) is 9.26 Å². The van der Waals surface area contributed by atoms with Gasteiger partial charge in [-0.2, -0.15) is 0 Å². The minimum absolute atomic E-state index is 0.144. The molecule has 0 saturated heterocycles. The molecule has 4 rings (SSSR count). The van der Waals surface area contributed by atoms with Gasteiger partial charge in [-0.3, -0.25) is 9.78 Å². The van der Waals surface area contributed by atoms with Crippen molar-refractivity contribution >= 4 is 11.0 Å². The van der Waals surface area contributed by atoms with Gasteiger partial charge < -0.3 is 13.8 Å². The maximum atomic E-state index is 12.0. The summed E-state index contributed by atoms with van der Waals surface area (Å²) < 4.78 is 12.9. The highest BCUT2D eigenvalue weighted by atomic mass is 16.5. The number of aromatic nitrogens is 4. The zero-order chi connectivity index (χ0) is 19.1. The van der Waals surface area contributed by atoms with E-state index in [-0.39, 0.29) is 5.56 Å². The van der Waals surface area contributed by atoms with Crippen molar-refractivity contribution in [3.8, 4) is 22.9 Å². The average molecular weight is 362 g/mol. The molecular weight excluding hydrogens is 344 g/mol. The molecule has 4 aromatic rings. The molecule has 0 N–H and O–H groups in total. The summed E-state index contributed by atoms with van der Waals surface area (Å²) in [6.07, 6.45) is 2.96. The van der Waals surface area contributed by atoms with Crippen LogP contribution in [0.4, 0.5) is 0 Å². The van der Waals surface area contributed by atoms with E-state index in [1.165, 1.54) is 6.20 Å². The standard InChI is InChI=1S/C20H18N4O3/c1-11-9-14(26-20-18-12(2)23-27-16(18)7-8-21-20)5-6-15(11)19-13(3)22-10-17(25)24(19)4/h5-10H,1-4H3. The summed E-state index contributed by atoms with van der Waals surface area (Å²) in [5.74, 6) is 1.09. The van der Waals surface area contributed by atoms with Crippen molar-refractivity contribution in [2.24, 2.45) is 7.05 Å². The zero-order valence-electron chi connectivity index (χ0n) is 15.5. The molecule has 0 saturated carbocycles. The number of nitrogens with zero attached hydrogens (tertiary/aromatic N) is 4. The maximum absolute atomic E-state index is 12.0. The predicted molar refractivity (Wildman–Crippen MR) is 101 cm³/mol. The van der Waals surface area contributed by atoms with Gasteiger partial charge in [0.05, 0.1) is 23.3 Å². The van der Waals surface area contributed by atoms with Crippen LogP contribution in [0.15, 0.2) is 46.0 Å². The Morgan fingerprint density at radius 1 is 1.07 bits per heavy atom. The normalized spacial score (nSPS) is 11.1. The van der Waals surface area contributed by atoms with Gasteiger partial charge in [0.15, 0.2) is 5.58 Å². The molecule has 7 heteroatoms. The number of hydrogen-bond acceptors (Lipinski definition) is 6. The van der Waals surface area contributed by atoms with Gasteiger partial charge in [-0.1, -0.05) is 5.16 Å². The Labute approximate surface area is 155 Å². The first kappa shape index (κ1) is 17.0. The van der Waals surface area contributed by atoms with Crippen molar-refractivity contribution in [3.05, 3.63) is 64.0 Å². The lowest BCUT2D eigenvalue weighted by Gasteiger charge is -2.14. The van der Waals surface area contributed by atoms with Crippen LogP contribution in [0.25, 0.3) is 22.2 Å². The molecule has 0 aliphatic heterocycles. The zero-order valence-corrected chi connectivity index (χ0v) is 15.5.